The van der Waals surface area contributed by atoms with Crippen molar-refractivity contribution in [3.63, 3.8) is 0 Å². The van der Waals surface area contributed by atoms with E-state index in [1.807, 2.05) is 25.1 Å². The number of ether oxygens (including phenoxy) is 3. The van der Waals surface area contributed by atoms with E-state index in [0.29, 0.717) is 63.9 Å². The lowest BCUT2D eigenvalue weighted by Crippen LogP contribution is -2.29. The maximum Gasteiger partial charge on any atom is 0.301 e. The highest BCUT2D eigenvalue weighted by molar-refractivity contribution is 7.22. The Labute approximate surface area is 226 Å². The molecule has 0 radical (unpaired) electrons. The van der Waals surface area contributed by atoms with Crippen LogP contribution >= 0.6 is 22.9 Å². The van der Waals surface area contributed by atoms with E-state index in [2.05, 4.69) is 4.98 Å². The van der Waals surface area contributed by atoms with Crippen molar-refractivity contribution in [3.8, 4) is 17.2 Å². The van der Waals surface area contributed by atoms with Crippen LogP contribution < -0.4 is 19.1 Å². The van der Waals surface area contributed by atoms with Crippen LogP contribution in [0.15, 0.2) is 66.2 Å². The number of amides is 1. The molecule has 1 saturated heterocycles. The van der Waals surface area contributed by atoms with Crippen molar-refractivity contribution in [3.05, 3.63) is 82.4 Å². The molecule has 1 unspecified atom stereocenters. The van der Waals surface area contributed by atoms with Crippen LogP contribution in [-0.2, 0) is 9.59 Å². The van der Waals surface area contributed by atoms with Gasteiger partial charge in [0.1, 0.15) is 24.7 Å². The SMILES string of the molecule is CCOc1ccc2nc(N3C(=O)C(=O)/C(=C(/O)c4ccc5c(c4)OCCO5)C3c3ccc(Cl)cc3)sc2c1. The minimum absolute atomic E-state index is 0.0525. The Bertz CT molecular complexity index is 1610. The number of benzene rings is 3. The van der Waals surface area contributed by atoms with Crippen LogP contribution in [0.2, 0.25) is 5.02 Å². The molecule has 38 heavy (non-hydrogen) atoms. The van der Waals surface area contributed by atoms with Crippen molar-refractivity contribution < 1.29 is 28.9 Å². The first-order valence-corrected chi connectivity index (χ1v) is 13.1. The van der Waals surface area contributed by atoms with Crippen LogP contribution in [0.1, 0.15) is 24.1 Å². The first-order chi connectivity index (χ1) is 18.4. The fourth-order valence-corrected chi connectivity index (χ4v) is 5.74. The van der Waals surface area contributed by atoms with Gasteiger partial charge in [-0.1, -0.05) is 35.1 Å². The molecule has 0 bridgehead atoms. The molecule has 1 fully saturated rings. The number of hydrogen-bond donors (Lipinski definition) is 1. The van der Waals surface area contributed by atoms with Gasteiger partial charge >= 0.3 is 5.91 Å². The molecular weight excluding hydrogens is 528 g/mol. The Kier molecular flexibility index (Phi) is 6.17. The number of hydrogen-bond acceptors (Lipinski definition) is 8. The fraction of sp³-hybridized carbons (Fsp3) is 0.179. The van der Waals surface area contributed by atoms with E-state index in [9.17, 15) is 14.7 Å². The van der Waals surface area contributed by atoms with Crippen LogP contribution in [-0.4, -0.2) is 41.6 Å². The largest absolute Gasteiger partial charge is 0.507 e. The summed E-state index contributed by atoms with van der Waals surface area (Å²) in [6, 6.07) is 16.2. The second-order valence-corrected chi connectivity index (χ2v) is 10.1. The molecule has 192 valence electrons. The van der Waals surface area contributed by atoms with E-state index < -0.39 is 17.7 Å². The van der Waals surface area contributed by atoms with Gasteiger partial charge in [0.2, 0.25) is 0 Å². The molecule has 1 atom stereocenters. The highest BCUT2D eigenvalue weighted by Gasteiger charge is 2.48. The summed E-state index contributed by atoms with van der Waals surface area (Å²) in [6.07, 6.45) is 0. The van der Waals surface area contributed by atoms with Gasteiger partial charge in [0.25, 0.3) is 5.78 Å². The second-order valence-electron chi connectivity index (χ2n) is 8.64. The molecule has 10 heteroatoms. The van der Waals surface area contributed by atoms with Crippen LogP contribution in [0, 0.1) is 0 Å². The molecule has 1 amide bonds. The molecule has 3 aromatic carbocycles. The molecule has 8 nitrogen and oxygen atoms in total. The molecule has 0 aliphatic carbocycles. The second kappa shape index (κ2) is 9.66. The maximum atomic E-state index is 13.5. The zero-order valence-electron chi connectivity index (χ0n) is 20.1. The third kappa shape index (κ3) is 4.13. The van der Waals surface area contributed by atoms with Crippen LogP contribution in [0.5, 0.6) is 17.2 Å². The van der Waals surface area contributed by atoms with Crippen LogP contribution in [0.4, 0.5) is 5.13 Å². The molecule has 1 N–H and O–H groups in total. The Morgan fingerprint density at radius 2 is 1.84 bits per heavy atom. The zero-order chi connectivity index (χ0) is 26.4. The molecular formula is C28H21ClN2O6S. The smallest absolute Gasteiger partial charge is 0.301 e. The van der Waals surface area contributed by atoms with Gasteiger partial charge in [0.05, 0.1) is 28.4 Å². The number of Topliss-reactive ketones (excluding diaryl/α,β-unsaturated/α-hetero) is 1. The standard InChI is InChI=1S/C28H21ClN2O6S/c1-2-35-18-8-9-19-22(14-18)38-28(30-19)31-24(15-3-6-17(29)7-4-15)23(26(33)27(31)34)25(32)16-5-10-20-21(13-16)37-12-11-36-20/h3-10,13-14,24,32H,2,11-12H2,1H3/b25-23+. The first kappa shape index (κ1) is 24.3. The van der Waals surface area contributed by atoms with Crippen molar-refractivity contribution in [2.24, 2.45) is 0 Å². The summed E-state index contributed by atoms with van der Waals surface area (Å²) >= 11 is 7.39. The summed E-state index contributed by atoms with van der Waals surface area (Å²) < 4.78 is 17.6. The highest BCUT2D eigenvalue weighted by atomic mass is 35.5. The summed E-state index contributed by atoms with van der Waals surface area (Å²) in [7, 11) is 0. The molecule has 2 aliphatic rings. The van der Waals surface area contributed by atoms with E-state index in [4.69, 9.17) is 25.8 Å². The average molecular weight is 549 g/mol. The summed E-state index contributed by atoms with van der Waals surface area (Å²) in [5.74, 6) is -0.232. The van der Waals surface area contributed by atoms with Crippen molar-refractivity contribution in [1.82, 2.24) is 4.98 Å². The number of thiazole rings is 1. The van der Waals surface area contributed by atoms with Gasteiger partial charge in [0.15, 0.2) is 16.6 Å². The van der Waals surface area contributed by atoms with Gasteiger partial charge in [-0.05, 0) is 61.0 Å². The molecule has 3 heterocycles. The Balaban J connectivity index is 1.51. The summed E-state index contributed by atoms with van der Waals surface area (Å²) in [6.45, 7) is 3.21. The van der Waals surface area contributed by atoms with Crippen molar-refractivity contribution >= 4 is 55.7 Å². The molecule has 6 rings (SSSR count). The number of carbonyl (C=O) groups excluding carboxylic acids is 2. The third-order valence-electron chi connectivity index (χ3n) is 6.31. The minimum atomic E-state index is -0.924. The topological polar surface area (TPSA) is 98.2 Å². The lowest BCUT2D eigenvalue weighted by molar-refractivity contribution is -0.132. The minimum Gasteiger partial charge on any atom is -0.507 e. The quantitative estimate of drug-likeness (QED) is 0.193. The van der Waals surface area contributed by atoms with E-state index in [0.717, 1.165) is 4.70 Å². The van der Waals surface area contributed by atoms with Gasteiger partial charge < -0.3 is 19.3 Å². The monoisotopic (exact) mass is 548 g/mol. The number of aliphatic hydroxyl groups is 1. The van der Waals surface area contributed by atoms with Gasteiger partial charge in [-0.3, -0.25) is 14.5 Å². The number of carbonyl (C=O) groups is 2. The fourth-order valence-electron chi connectivity index (χ4n) is 4.59. The van der Waals surface area contributed by atoms with Gasteiger partial charge in [-0.2, -0.15) is 0 Å². The number of anilines is 1. The Morgan fingerprint density at radius 3 is 2.61 bits per heavy atom. The number of halogens is 1. The van der Waals surface area contributed by atoms with Crippen molar-refractivity contribution in [1.29, 1.82) is 0 Å². The number of nitrogens with zero attached hydrogens (tertiary/aromatic N) is 2. The molecule has 2 aliphatic heterocycles. The number of aliphatic hydroxyl groups excluding tert-OH is 1. The summed E-state index contributed by atoms with van der Waals surface area (Å²) in [5, 5.41) is 12.3. The predicted molar refractivity (Wildman–Crippen MR) is 144 cm³/mol. The number of rotatable bonds is 5. The Morgan fingerprint density at radius 1 is 1.08 bits per heavy atom. The lowest BCUT2D eigenvalue weighted by atomic mass is 9.95. The van der Waals surface area contributed by atoms with Crippen molar-refractivity contribution in [2.45, 2.75) is 13.0 Å². The van der Waals surface area contributed by atoms with E-state index in [1.165, 1.54) is 16.2 Å². The number of ketones is 1. The number of aromatic nitrogens is 1. The zero-order valence-corrected chi connectivity index (χ0v) is 21.7. The molecule has 0 spiro atoms. The van der Waals surface area contributed by atoms with Crippen LogP contribution in [0.25, 0.3) is 16.0 Å². The predicted octanol–water partition coefficient (Wildman–Crippen LogP) is 5.75. The number of fused-ring (bicyclic) bond motifs is 2. The van der Waals surface area contributed by atoms with Crippen molar-refractivity contribution in [2.75, 3.05) is 24.7 Å². The first-order valence-electron chi connectivity index (χ1n) is 11.9. The Hall–Kier alpha value is -4.08. The van der Waals surface area contributed by atoms with E-state index in [1.54, 1.807) is 42.5 Å². The van der Waals surface area contributed by atoms with Gasteiger partial charge in [0, 0.05) is 10.6 Å². The van der Waals surface area contributed by atoms with Gasteiger partial charge in [-0.25, -0.2) is 4.98 Å². The average Bonchev–Trinajstić information content (AvgIpc) is 3.46. The summed E-state index contributed by atoms with van der Waals surface area (Å²) in [4.78, 5) is 32.9. The molecule has 4 aromatic rings. The molecule has 1 aromatic heterocycles. The normalized spacial score (nSPS) is 18.3. The van der Waals surface area contributed by atoms with E-state index >= 15 is 0 Å². The van der Waals surface area contributed by atoms with Crippen LogP contribution in [0.3, 0.4) is 0 Å². The highest BCUT2D eigenvalue weighted by Crippen LogP contribution is 2.45. The maximum absolute atomic E-state index is 13.5. The van der Waals surface area contributed by atoms with E-state index in [-0.39, 0.29) is 11.3 Å². The lowest BCUT2D eigenvalue weighted by Gasteiger charge is -2.23. The van der Waals surface area contributed by atoms with Gasteiger partial charge in [-0.15, -0.1) is 0 Å². The third-order valence-corrected chi connectivity index (χ3v) is 7.58. The molecule has 0 saturated carbocycles. The summed E-state index contributed by atoms with van der Waals surface area (Å²) in [5.41, 5.74) is 1.54.